The normalized spacial score (nSPS) is 18.8. The Hall–Kier alpha value is -3.26. The van der Waals surface area contributed by atoms with Crippen LogP contribution in [0.25, 0.3) is 16.1 Å². The fraction of sp³-hybridized carbons (Fsp3) is 0.200. The predicted molar refractivity (Wildman–Crippen MR) is 126 cm³/mol. The summed E-state index contributed by atoms with van der Waals surface area (Å²) in [6.07, 6.45) is 6.38. The molecule has 1 heterocycles. The van der Waals surface area contributed by atoms with Crippen LogP contribution in [-0.4, -0.2) is 32.9 Å². The van der Waals surface area contributed by atoms with E-state index >= 15 is 0 Å². The van der Waals surface area contributed by atoms with Gasteiger partial charge in [0.2, 0.25) is 0 Å². The Morgan fingerprint density at radius 2 is 1.84 bits per heavy atom. The van der Waals surface area contributed by atoms with Crippen molar-refractivity contribution in [2.45, 2.75) is 31.6 Å². The van der Waals surface area contributed by atoms with Gasteiger partial charge >= 0.3 is 6.03 Å². The van der Waals surface area contributed by atoms with Crippen molar-refractivity contribution in [2.24, 2.45) is 5.73 Å². The summed E-state index contributed by atoms with van der Waals surface area (Å²) in [5.41, 5.74) is 8.37. The van der Waals surface area contributed by atoms with E-state index < -0.39 is 17.7 Å². The molecule has 0 saturated carbocycles. The van der Waals surface area contributed by atoms with Gasteiger partial charge in [-0.3, -0.25) is 5.21 Å². The highest BCUT2D eigenvalue weighted by Crippen LogP contribution is 2.35. The first-order chi connectivity index (χ1) is 15.5. The van der Waals surface area contributed by atoms with Crippen LogP contribution in [0.4, 0.5) is 4.79 Å². The predicted octanol–water partition coefficient (Wildman–Crippen LogP) is 5.27. The molecule has 2 aromatic carbocycles. The lowest BCUT2D eigenvalue weighted by atomic mass is 9.84. The van der Waals surface area contributed by atoms with Gasteiger partial charge in [-0.15, -0.1) is 11.3 Å². The van der Waals surface area contributed by atoms with Crippen LogP contribution in [0.3, 0.4) is 0 Å². The van der Waals surface area contributed by atoms with Gasteiger partial charge in [-0.1, -0.05) is 72.8 Å². The van der Waals surface area contributed by atoms with Crippen molar-refractivity contribution in [2.75, 3.05) is 0 Å². The van der Waals surface area contributed by atoms with E-state index in [1.165, 1.54) is 0 Å². The lowest BCUT2D eigenvalue weighted by Gasteiger charge is -2.40. The number of allylic oxidation sites excluding steroid dienone is 2. The second-order valence-corrected chi connectivity index (χ2v) is 8.53. The number of primary amides is 1. The summed E-state index contributed by atoms with van der Waals surface area (Å²) >= 11 is 1.55. The molecular weight excluding hydrogens is 422 g/mol. The van der Waals surface area contributed by atoms with Crippen LogP contribution in [0.5, 0.6) is 0 Å². The number of thiazole rings is 1. The first kappa shape index (κ1) is 22.0. The third-order valence-corrected chi connectivity index (χ3v) is 6.59. The van der Waals surface area contributed by atoms with Gasteiger partial charge in [-0.25, -0.2) is 14.8 Å². The molecule has 2 atom stereocenters. The molecular formula is C25H25N3O3S. The molecule has 0 fully saturated rings. The van der Waals surface area contributed by atoms with Crippen LogP contribution in [0.1, 0.15) is 24.6 Å². The number of urea groups is 1. The van der Waals surface area contributed by atoms with E-state index in [0.29, 0.717) is 11.5 Å². The van der Waals surface area contributed by atoms with Crippen LogP contribution < -0.4 is 5.73 Å². The molecule has 0 bridgehead atoms. The van der Waals surface area contributed by atoms with E-state index in [1.54, 1.807) is 18.3 Å². The van der Waals surface area contributed by atoms with E-state index in [2.05, 4.69) is 11.1 Å². The molecule has 0 radical (unpaired) electrons. The maximum Gasteiger partial charge on any atom is 0.338 e. The van der Waals surface area contributed by atoms with Crippen molar-refractivity contribution in [1.29, 1.82) is 0 Å². The zero-order chi connectivity index (χ0) is 22.6. The first-order valence-electron chi connectivity index (χ1n) is 10.3. The second-order valence-electron chi connectivity index (χ2n) is 7.68. The number of hydroxylamine groups is 2. The van der Waals surface area contributed by atoms with Crippen molar-refractivity contribution in [3.05, 3.63) is 95.5 Å². The molecule has 0 saturated heterocycles. The van der Waals surface area contributed by atoms with Gasteiger partial charge in [0, 0.05) is 17.4 Å². The molecule has 7 heteroatoms. The van der Waals surface area contributed by atoms with Crippen LogP contribution in [0, 0.1) is 0 Å². The molecule has 0 aliphatic heterocycles. The first-order valence-corrected chi connectivity index (χ1v) is 11.2. The minimum Gasteiger partial charge on any atom is -0.362 e. The van der Waals surface area contributed by atoms with E-state index in [9.17, 15) is 10.0 Å². The number of carbonyl (C=O) groups excluding carboxylic acids is 1. The quantitative estimate of drug-likeness (QED) is 0.382. The fourth-order valence-corrected chi connectivity index (χ4v) is 4.52. The Morgan fingerprint density at radius 3 is 2.44 bits per heavy atom. The van der Waals surface area contributed by atoms with Crippen molar-refractivity contribution >= 4 is 22.9 Å². The lowest BCUT2D eigenvalue weighted by Crippen LogP contribution is -2.54. The monoisotopic (exact) mass is 447 g/mol. The van der Waals surface area contributed by atoms with E-state index in [4.69, 9.17) is 10.5 Å². The summed E-state index contributed by atoms with van der Waals surface area (Å²) < 4.78 is 6.33. The van der Waals surface area contributed by atoms with Crippen molar-refractivity contribution < 1.29 is 14.7 Å². The summed E-state index contributed by atoms with van der Waals surface area (Å²) in [5.74, 6) is 0. The molecule has 6 nitrogen and oxygen atoms in total. The number of ether oxygens (including phenoxy) is 1. The molecule has 164 valence electrons. The van der Waals surface area contributed by atoms with Gasteiger partial charge in [0.05, 0.1) is 18.3 Å². The van der Waals surface area contributed by atoms with Crippen molar-refractivity contribution in [1.82, 2.24) is 10.0 Å². The SMILES string of the molecule is CC(N(O)C(N)=O)C1(OCc2csc(-c3ccccc3)n2)C=CC(c2ccccc2)=CC1. The largest absolute Gasteiger partial charge is 0.362 e. The summed E-state index contributed by atoms with van der Waals surface area (Å²) in [5, 5.41) is 13.7. The number of amides is 2. The van der Waals surface area contributed by atoms with Crippen LogP contribution in [-0.2, 0) is 11.3 Å². The lowest BCUT2D eigenvalue weighted by molar-refractivity contribution is -0.149. The molecule has 3 aromatic rings. The number of nitrogens with zero attached hydrogens (tertiary/aromatic N) is 2. The molecule has 1 aliphatic rings. The molecule has 3 N–H and O–H groups in total. The summed E-state index contributed by atoms with van der Waals surface area (Å²) in [6.45, 7) is 1.95. The van der Waals surface area contributed by atoms with Gasteiger partial charge in [0.25, 0.3) is 0 Å². The summed E-state index contributed by atoms with van der Waals surface area (Å²) in [7, 11) is 0. The van der Waals surface area contributed by atoms with Gasteiger partial charge in [-0.05, 0) is 24.1 Å². The van der Waals surface area contributed by atoms with Gasteiger partial charge in [0.15, 0.2) is 0 Å². The van der Waals surface area contributed by atoms with E-state index in [-0.39, 0.29) is 6.61 Å². The molecule has 2 unspecified atom stereocenters. The molecule has 1 aliphatic carbocycles. The maximum atomic E-state index is 11.6. The zero-order valence-electron chi connectivity index (χ0n) is 17.7. The van der Waals surface area contributed by atoms with E-state index in [0.717, 1.165) is 27.4 Å². The molecule has 2 amide bonds. The highest BCUT2D eigenvalue weighted by Gasteiger charge is 2.40. The molecule has 0 spiro atoms. The van der Waals surface area contributed by atoms with Gasteiger partial charge in [-0.2, -0.15) is 0 Å². The number of aromatic nitrogens is 1. The van der Waals surface area contributed by atoms with Crippen LogP contribution in [0.2, 0.25) is 0 Å². The standard InChI is InChI=1S/C25H25N3O3S/c1-18(28(30)24(26)29)25(14-12-20(13-15-25)19-8-4-2-5-9-19)31-16-22-17-32-23(27-22)21-10-6-3-7-11-21/h2-14,17-18,30H,15-16H2,1H3,(H2,26,29). The Kier molecular flexibility index (Phi) is 6.50. The number of nitrogens with two attached hydrogens (primary N) is 1. The molecule has 1 aromatic heterocycles. The maximum absolute atomic E-state index is 11.6. The van der Waals surface area contributed by atoms with Crippen molar-refractivity contribution in [3.63, 3.8) is 0 Å². The average Bonchev–Trinajstić information content (AvgIpc) is 3.32. The number of hydrogen-bond acceptors (Lipinski definition) is 5. The number of rotatable bonds is 7. The van der Waals surface area contributed by atoms with E-state index in [1.807, 2.05) is 78.2 Å². The molecule has 32 heavy (non-hydrogen) atoms. The Balaban J connectivity index is 1.55. The molecule has 4 rings (SSSR count). The minimum absolute atomic E-state index is 0.235. The zero-order valence-corrected chi connectivity index (χ0v) is 18.5. The third kappa shape index (κ3) is 4.65. The van der Waals surface area contributed by atoms with Crippen LogP contribution >= 0.6 is 11.3 Å². The number of hydrogen-bond donors (Lipinski definition) is 2. The Labute approximate surface area is 191 Å². The van der Waals surface area contributed by atoms with Gasteiger partial charge in [0.1, 0.15) is 10.6 Å². The van der Waals surface area contributed by atoms with Crippen molar-refractivity contribution in [3.8, 4) is 10.6 Å². The summed E-state index contributed by atoms with van der Waals surface area (Å²) in [4.78, 5) is 16.3. The average molecular weight is 448 g/mol. The number of benzene rings is 2. The topological polar surface area (TPSA) is 88.7 Å². The van der Waals surface area contributed by atoms with Gasteiger partial charge < -0.3 is 10.5 Å². The second kappa shape index (κ2) is 9.48. The minimum atomic E-state index is -0.946. The smallest absolute Gasteiger partial charge is 0.338 e. The van der Waals surface area contributed by atoms with Crippen LogP contribution in [0.15, 0.2) is 84.3 Å². The highest BCUT2D eigenvalue weighted by molar-refractivity contribution is 7.13. The Morgan fingerprint density at radius 1 is 1.19 bits per heavy atom. The third-order valence-electron chi connectivity index (χ3n) is 5.65. The fourth-order valence-electron chi connectivity index (χ4n) is 3.71. The number of carbonyl (C=O) groups is 1. The highest BCUT2D eigenvalue weighted by atomic mass is 32.1. The summed E-state index contributed by atoms with van der Waals surface area (Å²) in [6, 6.07) is 18.4. The Bertz CT molecular complexity index is 1130.